The number of nitrogens with zero attached hydrogens (tertiary/aromatic N) is 1. The highest BCUT2D eigenvalue weighted by atomic mass is 16.5. The second kappa shape index (κ2) is 5.12. The Morgan fingerprint density at radius 1 is 1.56 bits per heavy atom. The average Bonchev–Trinajstić information content (AvgIpc) is 2.97. The Morgan fingerprint density at radius 2 is 2.19 bits per heavy atom. The Kier molecular flexibility index (Phi) is 3.78. The minimum atomic E-state index is 0.0622. The van der Waals surface area contributed by atoms with Crippen LogP contribution in [0.5, 0.6) is 0 Å². The van der Waals surface area contributed by atoms with Crippen molar-refractivity contribution < 1.29 is 9.53 Å². The quantitative estimate of drug-likeness (QED) is 0.658. The fourth-order valence-electron chi connectivity index (χ4n) is 2.08. The monoisotopic (exact) mass is 227 g/mol. The molecule has 16 heavy (non-hydrogen) atoms. The summed E-state index contributed by atoms with van der Waals surface area (Å²) in [6.45, 7) is 6.47. The number of carbonyl (C=O) groups excluding carboxylic acids is 1. The molecule has 2 rings (SSSR count). The lowest BCUT2D eigenvalue weighted by Crippen LogP contribution is -2.46. The molecule has 5 nitrogen and oxygen atoms in total. The van der Waals surface area contributed by atoms with Crippen molar-refractivity contribution in [2.24, 2.45) is 11.7 Å². The second-order valence-electron chi connectivity index (χ2n) is 4.83. The molecule has 1 saturated heterocycles. The largest absolute Gasteiger partial charge is 0.379 e. The molecule has 0 radical (unpaired) electrons. The van der Waals surface area contributed by atoms with Gasteiger partial charge < -0.3 is 15.8 Å². The summed E-state index contributed by atoms with van der Waals surface area (Å²) in [4.78, 5) is 14.0. The lowest BCUT2D eigenvalue weighted by atomic mass is 10.2. The fourth-order valence-corrected chi connectivity index (χ4v) is 2.08. The van der Waals surface area contributed by atoms with Gasteiger partial charge in [-0.15, -0.1) is 0 Å². The minimum Gasteiger partial charge on any atom is -0.379 e. The van der Waals surface area contributed by atoms with Gasteiger partial charge >= 0.3 is 0 Å². The van der Waals surface area contributed by atoms with Crippen molar-refractivity contribution in [3.05, 3.63) is 0 Å². The topological polar surface area (TPSA) is 67.6 Å². The lowest BCUT2D eigenvalue weighted by molar-refractivity contribution is -0.123. The van der Waals surface area contributed by atoms with Crippen LogP contribution in [0.2, 0.25) is 0 Å². The standard InChI is InChI=1S/C11H21N3O2/c1-8(7-14-2-4-16-5-3-14)13-11(15)9-6-10(9)12/h8-10H,2-7,12H2,1H3,(H,13,15). The molecule has 0 spiro atoms. The maximum Gasteiger partial charge on any atom is 0.224 e. The van der Waals surface area contributed by atoms with E-state index in [0.717, 1.165) is 39.3 Å². The Hall–Kier alpha value is -0.650. The Bertz CT molecular complexity index is 254. The van der Waals surface area contributed by atoms with Gasteiger partial charge in [-0.1, -0.05) is 0 Å². The third-order valence-corrected chi connectivity index (χ3v) is 3.20. The molecule has 3 unspecified atom stereocenters. The fraction of sp³-hybridized carbons (Fsp3) is 0.909. The van der Waals surface area contributed by atoms with Crippen LogP contribution >= 0.6 is 0 Å². The Labute approximate surface area is 96.3 Å². The van der Waals surface area contributed by atoms with Gasteiger partial charge in [0.2, 0.25) is 5.91 Å². The number of hydrogen-bond donors (Lipinski definition) is 2. The molecule has 2 aliphatic rings. The lowest BCUT2D eigenvalue weighted by Gasteiger charge is -2.29. The van der Waals surface area contributed by atoms with E-state index in [4.69, 9.17) is 10.5 Å². The van der Waals surface area contributed by atoms with Crippen molar-refractivity contribution in [1.82, 2.24) is 10.2 Å². The Morgan fingerprint density at radius 3 is 2.75 bits per heavy atom. The first-order valence-electron chi connectivity index (χ1n) is 6.03. The van der Waals surface area contributed by atoms with Gasteiger partial charge in [-0.2, -0.15) is 0 Å². The molecule has 2 fully saturated rings. The SMILES string of the molecule is CC(CN1CCOCC1)NC(=O)C1CC1N. The van der Waals surface area contributed by atoms with Crippen LogP contribution in [-0.2, 0) is 9.53 Å². The normalized spacial score (nSPS) is 32.1. The molecule has 0 aromatic heterocycles. The molecule has 1 amide bonds. The molecule has 1 saturated carbocycles. The van der Waals surface area contributed by atoms with Gasteiger partial charge in [0, 0.05) is 31.7 Å². The van der Waals surface area contributed by atoms with Gasteiger partial charge in [0.05, 0.1) is 19.1 Å². The molecule has 0 aromatic rings. The predicted molar refractivity (Wildman–Crippen MR) is 60.9 cm³/mol. The summed E-state index contributed by atoms with van der Waals surface area (Å²) in [6, 6.07) is 0.286. The summed E-state index contributed by atoms with van der Waals surface area (Å²) in [7, 11) is 0. The van der Waals surface area contributed by atoms with Crippen LogP contribution in [0.4, 0.5) is 0 Å². The van der Waals surface area contributed by atoms with Gasteiger partial charge in [0.1, 0.15) is 0 Å². The van der Waals surface area contributed by atoms with Crippen LogP contribution in [0.25, 0.3) is 0 Å². The molecule has 0 bridgehead atoms. The van der Waals surface area contributed by atoms with Crippen LogP contribution in [-0.4, -0.2) is 55.7 Å². The van der Waals surface area contributed by atoms with E-state index < -0.39 is 0 Å². The zero-order chi connectivity index (χ0) is 11.5. The Balaban J connectivity index is 1.66. The van der Waals surface area contributed by atoms with Crippen LogP contribution in [0.3, 0.4) is 0 Å². The van der Waals surface area contributed by atoms with Crippen molar-refractivity contribution >= 4 is 5.91 Å². The number of hydrogen-bond acceptors (Lipinski definition) is 4. The van der Waals surface area contributed by atoms with Crippen LogP contribution in [0.1, 0.15) is 13.3 Å². The van der Waals surface area contributed by atoms with Crippen molar-refractivity contribution in [2.75, 3.05) is 32.8 Å². The highest BCUT2D eigenvalue weighted by molar-refractivity contribution is 5.82. The number of morpholine rings is 1. The third kappa shape index (κ3) is 3.17. The molecule has 0 aromatic carbocycles. The number of rotatable bonds is 4. The van der Waals surface area contributed by atoms with Crippen LogP contribution in [0.15, 0.2) is 0 Å². The average molecular weight is 227 g/mol. The molecule has 1 aliphatic heterocycles. The molecule has 3 atom stereocenters. The van der Waals surface area contributed by atoms with E-state index in [-0.39, 0.29) is 23.9 Å². The van der Waals surface area contributed by atoms with Crippen molar-refractivity contribution in [3.8, 4) is 0 Å². The molecule has 5 heteroatoms. The minimum absolute atomic E-state index is 0.0622. The summed E-state index contributed by atoms with van der Waals surface area (Å²) in [6.07, 6.45) is 0.843. The van der Waals surface area contributed by atoms with Crippen LogP contribution < -0.4 is 11.1 Å². The van der Waals surface area contributed by atoms with E-state index in [1.54, 1.807) is 0 Å². The molecular formula is C11H21N3O2. The van der Waals surface area contributed by atoms with E-state index in [2.05, 4.69) is 10.2 Å². The van der Waals surface area contributed by atoms with E-state index in [1.807, 2.05) is 6.92 Å². The maximum absolute atomic E-state index is 11.6. The summed E-state index contributed by atoms with van der Waals surface area (Å²) in [5.74, 6) is 0.181. The first-order chi connectivity index (χ1) is 7.66. The summed E-state index contributed by atoms with van der Waals surface area (Å²) < 4.78 is 5.28. The van der Waals surface area contributed by atoms with Crippen molar-refractivity contribution in [3.63, 3.8) is 0 Å². The summed E-state index contributed by atoms with van der Waals surface area (Å²) >= 11 is 0. The first-order valence-corrected chi connectivity index (χ1v) is 6.03. The number of carbonyl (C=O) groups is 1. The molecule has 3 N–H and O–H groups in total. The molecule has 1 aliphatic carbocycles. The second-order valence-corrected chi connectivity index (χ2v) is 4.83. The maximum atomic E-state index is 11.6. The molecule has 1 heterocycles. The highest BCUT2D eigenvalue weighted by Gasteiger charge is 2.40. The summed E-state index contributed by atoms with van der Waals surface area (Å²) in [5.41, 5.74) is 5.64. The smallest absolute Gasteiger partial charge is 0.224 e. The molecular weight excluding hydrogens is 206 g/mol. The number of amides is 1. The van der Waals surface area contributed by atoms with Gasteiger partial charge in [0.25, 0.3) is 0 Å². The van der Waals surface area contributed by atoms with Crippen molar-refractivity contribution in [1.29, 1.82) is 0 Å². The first kappa shape index (κ1) is 11.8. The number of nitrogens with two attached hydrogens (primary N) is 1. The van der Waals surface area contributed by atoms with Gasteiger partial charge in [-0.25, -0.2) is 0 Å². The zero-order valence-corrected chi connectivity index (χ0v) is 9.82. The zero-order valence-electron chi connectivity index (χ0n) is 9.82. The van der Waals surface area contributed by atoms with E-state index in [0.29, 0.717) is 0 Å². The third-order valence-electron chi connectivity index (χ3n) is 3.20. The highest BCUT2D eigenvalue weighted by Crippen LogP contribution is 2.27. The molecule has 92 valence electrons. The predicted octanol–water partition coefficient (Wildman–Crippen LogP) is -0.829. The van der Waals surface area contributed by atoms with Crippen LogP contribution in [0, 0.1) is 5.92 Å². The number of ether oxygens (including phenoxy) is 1. The van der Waals surface area contributed by atoms with E-state index in [1.165, 1.54) is 0 Å². The van der Waals surface area contributed by atoms with Gasteiger partial charge in [0.15, 0.2) is 0 Å². The van der Waals surface area contributed by atoms with Gasteiger partial charge in [-0.05, 0) is 13.3 Å². The van der Waals surface area contributed by atoms with E-state index >= 15 is 0 Å². The number of nitrogens with one attached hydrogen (secondary N) is 1. The van der Waals surface area contributed by atoms with Crippen molar-refractivity contribution in [2.45, 2.75) is 25.4 Å². The van der Waals surface area contributed by atoms with Gasteiger partial charge in [-0.3, -0.25) is 9.69 Å². The van der Waals surface area contributed by atoms with E-state index in [9.17, 15) is 4.79 Å². The summed E-state index contributed by atoms with van der Waals surface area (Å²) in [5, 5.41) is 3.02.